The summed E-state index contributed by atoms with van der Waals surface area (Å²) in [5.41, 5.74) is 0.159. The summed E-state index contributed by atoms with van der Waals surface area (Å²) in [4.78, 5) is 71.9. The highest BCUT2D eigenvalue weighted by molar-refractivity contribution is 7.90. The van der Waals surface area contributed by atoms with Crippen LogP contribution in [0.25, 0.3) is 0 Å². The van der Waals surface area contributed by atoms with Crippen molar-refractivity contribution in [1.82, 2.24) is 25.2 Å². The maximum atomic E-state index is 14.5. The minimum Gasteiger partial charge on any atom is -0.446 e. The third kappa shape index (κ3) is 8.55. The topological polar surface area (TPSA) is 210 Å². The summed E-state index contributed by atoms with van der Waals surface area (Å²) in [6, 6.07) is 6.22. The second-order valence-corrected chi connectivity index (χ2v) is 18.0. The number of alkyl carbamates (subject to hydrolysis) is 1. The molecule has 2 aromatic rings. The van der Waals surface area contributed by atoms with Crippen LogP contribution in [0.1, 0.15) is 87.3 Å². The molecule has 19 heteroatoms. The molecule has 6 aliphatic rings. The number of hydrogen-bond donors (Lipinski definition) is 4. The van der Waals surface area contributed by atoms with E-state index in [-0.39, 0.29) is 62.0 Å². The van der Waals surface area contributed by atoms with E-state index in [1.54, 1.807) is 18.2 Å². The number of ether oxygens (including phenoxy) is 2. The number of halogens is 1. The largest absolute Gasteiger partial charge is 0.491 e. The van der Waals surface area contributed by atoms with Crippen LogP contribution in [-0.2, 0) is 58.2 Å². The van der Waals surface area contributed by atoms with Gasteiger partial charge in [-0.05, 0) is 86.2 Å². The zero-order valence-corrected chi connectivity index (χ0v) is 33.2. The van der Waals surface area contributed by atoms with E-state index in [4.69, 9.17) is 14.1 Å². The van der Waals surface area contributed by atoms with E-state index in [1.807, 2.05) is 6.08 Å². The summed E-state index contributed by atoms with van der Waals surface area (Å²) in [5.74, 6) is -3.41. The fourth-order valence-electron chi connectivity index (χ4n) is 8.86. The normalized spacial score (nSPS) is 27.7. The number of carbonyl (C=O) groups is 5. The molecule has 4 aliphatic heterocycles. The number of carbonyl (C=O) groups excluding carboxylic acids is 5. The van der Waals surface area contributed by atoms with Crippen LogP contribution in [-0.4, -0.2) is 96.6 Å². The minimum atomic E-state index is -4.50. The molecule has 5 amide bonds. The molecule has 0 aromatic heterocycles. The summed E-state index contributed by atoms with van der Waals surface area (Å²) < 4.78 is 60.4. The molecule has 2 aromatic carbocycles. The highest BCUT2D eigenvalue weighted by Gasteiger charge is 2.62. The van der Waals surface area contributed by atoms with Crippen LogP contribution < -0.4 is 20.8 Å². The Morgan fingerprint density at radius 2 is 1.78 bits per heavy atom. The van der Waals surface area contributed by atoms with Gasteiger partial charge in [0.15, 0.2) is 0 Å². The number of allylic oxidation sites excluding steroid dienone is 1. The van der Waals surface area contributed by atoms with E-state index < -0.39 is 82.5 Å². The first-order valence-corrected chi connectivity index (χ1v) is 21.8. The van der Waals surface area contributed by atoms with Gasteiger partial charge in [-0.1, -0.05) is 43.2 Å². The average molecular weight is 836 g/mol. The summed E-state index contributed by atoms with van der Waals surface area (Å²) in [5, 5.41) is 15.7. The second-order valence-electron chi connectivity index (χ2n) is 16.3. The Kier molecular flexibility index (Phi) is 11.4. The zero-order valence-electron chi connectivity index (χ0n) is 32.4. The first-order chi connectivity index (χ1) is 28.3. The fourth-order valence-corrected chi connectivity index (χ4v) is 9.93. The Hall–Kier alpha value is -5.01. The molecule has 2 saturated carbocycles. The molecule has 2 aliphatic carbocycles. The van der Waals surface area contributed by atoms with E-state index >= 15 is 0 Å². The molecule has 0 spiro atoms. The molecule has 0 bridgehead atoms. The molecular weight excluding hydrogens is 788 g/mol. The van der Waals surface area contributed by atoms with Gasteiger partial charge in [0, 0.05) is 24.4 Å². The van der Waals surface area contributed by atoms with Gasteiger partial charge in [-0.3, -0.25) is 19.3 Å². The molecule has 314 valence electrons. The average Bonchev–Trinajstić information content (AvgIpc) is 3.77. The van der Waals surface area contributed by atoms with Gasteiger partial charge in [-0.25, -0.2) is 27.1 Å². The Balaban J connectivity index is 1.04. The van der Waals surface area contributed by atoms with Gasteiger partial charge < -0.3 is 34.7 Å². The van der Waals surface area contributed by atoms with Crippen LogP contribution in [0.5, 0.6) is 0 Å². The van der Waals surface area contributed by atoms with Crippen LogP contribution in [0.15, 0.2) is 53.4 Å². The van der Waals surface area contributed by atoms with Gasteiger partial charge in [0.2, 0.25) is 11.8 Å². The van der Waals surface area contributed by atoms with E-state index in [1.165, 1.54) is 34.1 Å². The lowest BCUT2D eigenvalue weighted by Crippen LogP contribution is -2.58. The Morgan fingerprint density at radius 1 is 0.983 bits per heavy atom. The standard InChI is InChI=1S/C40H47BFN5O11S/c42-32-13-8-9-24-20-46(22-30(24)32)39(52)58-28-17-34-35(48)44-40(37(50)45-59(54,55)29-16-15-25-23-56-41(53)31(25)18-29)19-26(40)10-4-2-1-3-5-14-33(36(49)47(34)21-28)43-38(51)57-27-11-6-7-12-27/h4,8-10,13,15-16,18,26-28,33-34,53H,1-3,5-7,11-12,14,17,19-23H2,(H,43,51)(H,44,48)(H,45,50)/b10-4-/t26-,28-,33-,34+,40-/m1/s1. The number of benzene rings is 2. The van der Waals surface area contributed by atoms with Crippen molar-refractivity contribution in [2.45, 2.75) is 125 Å². The molecule has 4 heterocycles. The van der Waals surface area contributed by atoms with Crippen LogP contribution in [0.3, 0.4) is 0 Å². The Morgan fingerprint density at radius 3 is 2.58 bits per heavy atom. The van der Waals surface area contributed by atoms with Crippen molar-refractivity contribution in [3.63, 3.8) is 0 Å². The first-order valence-electron chi connectivity index (χ1n) is 20.3. The summed E-state index contributed by atoms with van der Waals surface area (Å²) >= 11 is 0. The molecule has 0 radical (unpaired) electrons. The highest BCUT2D eigenvalue weighted by atomic mass is 32.2. The first kappa shape index (κ1) is 40.8. The third-order valence-corrected chi connectivity index (χ3v) is 13.6. The lowest BCUT2D eigenvalue weighted by atomic mass is 9.80. The van der Waals surface area contributed by atoms with Crippen molar-refractivity contribution in [3.05, 3.63) is 71.1 Å². The smallest absolute Gasteiger partial charge is 0.446 e. The van der Waals surface area contributed by atoms with Gasteiger partial charge in [-0.15, -0.1) is 0 Å². The SMILES string of the molecule is O=C(N[C@@H]1CCCCC/C=C\[C@@H]2C[C@@]2(C(=O)NS(=O)(=O)c2ccc3c(c2)B(O)OC3)NC(=O)[C@@H]2C[C@@H](OC(=O)N3Cc4cccc(F)c4C3)CN2C1=O)OC1CCCC1. The van der Waals surface area contributed by atoms with Crippen LogP contribution >= 0.6 is 0 Å². The lowest BCUT2D eigenvalue weighted by Gasteiger charge is -2.30. The summed E-state index contributed by atoms with van der Waals surface area (Å²) in [6.45, 7) is -0.0422. The molecule has 0 unspecified atom stereocenters. The number of nitrogens with one attached hydrogen (secondary N) is 3. The van der Waals surface area contributed by atoms with Gasteiger partial charge in [0.1, 0.15) is 35.6 Å². The predicted molar refractivity (Wildman–Crippen MR) is 207 cm³/mol. The molecule has 5 atom stereocenters. The maximum Gasteiger partial charge on any atom is 0.491 e. The van der Waals surface area contributed by atoms with Crippen molar-refractivity contribution in [2.75, 3.05) is 6.54 Å². The molecule has 1 saturated heterocycles. The summed E-state index contributed by atoms with van der Waals surface area (Å²) in [7, 11) is -5.82. The van der Waals surface area contributed by atoms with Gasteiger partial charge in [-0.2, -0.15) is 0 Å². The minimum absolute atomic E-state index is 0.0233. The number of hydrogen-bond acceptors (Lipinski definition) is 11. The number of fused-ring (bicyclic) bond motifs is 4. The van der Waals surface area contributed by atoms with Crippen molar-refractivity contribution >= 4 is 52.5 Å². The van der Waals surface area contributed by atoms with Gasteiger partial charge in [0.25, 0.3) is 15.9 Å². The van der Waals surface area contributed by atoms with Crippen molar-refractivity contribution in [1.29, 1.82) is 0 Å². The van der Waals surface area contributed by atoms with E-state index in [9.17, 15) is 41.8 Å². The van der Waals surface area contributed by atoms with Crippen molar-refractivity contribution in [3.8, 4) is 0 Å². The molecule has 3 fully saturated rings. The fraction of sp³-hybridized carbons (Fsp3) is 0.525. The van der Waals surface area contributed by atoms with E-state index in [0.717, 1.165) is 32.1 Å². The molecular formula is C40H47BFN5O11S. The monoisotopic (exact) mass is 835 g/mol. The second kappa shape index (κ2) is 16.6. The predicted octanol–water partition coefficient (Wildman–Crippen LogP) is 2.40. The summed E-state index contributed by atoms with van der Waals surface area (Å²) in [6.07, 6.45) is 6.90. The van der Waals surface area contributed by atoms with Crippen LogP contribution in [0.2, 0.25) is 0 Å². The van der Waals surface area contributed by atoms with E-state index in [2.05, 4.69) is 15.4 Å². The quantitative estimate of drug-likeness (QED) is 0.245. The Labute approximate surface area is 341 Å². The molecule has 8 rings (SSSR count). The molecule has 59 heavy (non-hydrogen) atoms. The van der Waals surface area contributed by atoms with Gasteiger partial charge >= 0.3 is 19.3 Å². The van der Waals surface area contributed by atoms with Crippen LogP contribution in [0.4, 0.5) is 14.0 Å². The lowest BCUT2D eigenvalue weighted by molar-refractivity contribution is -0.141. The van der Waals surface area contributed by atoms with Crippen molar-refractivity contribution in [2.24, 2.45) is 5.92 Å². The highest BCUT2D eigenvalue weighted by Crippen LogP contribution is 2.46. The van der Waals surface area contributed by atoms with Crippen molar-refractivity contribution < 1.29 is 55.9 Å². The van der Waals surface area contributed by atoms with Crippen LogP contribution in [0, 0.1) is 11.7 Å². The van der Waals surface area contributed by atoms with Gasteiger partial charge in [0.05, 0.1) is 24.6 Å². The maximum absolute atomic E-state index is 14.5. The number of rotatable bonds is 6. The molecule has 4 N–H and O–H groups in total. The number of sulfonamides is 1. The number of amides is 5. The zero-order chi connectivity index (χ0) is 41.5. The van der Waals surface area contributed by atoms with E-state index in [0.29, 0.717) is 36.0 Å². The molecule has 16 nitrogen and oxygen atoms in total. The third-order valence-electron chi connectivity index (χ3n) is 12.3. The number of nitrogens with zero attached hydrogens (tertiary/aromatic N) is 2. The Bertz CT molecular complexity index is 2170.